The van der Waals surface area contributed by atoms with Crippen molar-refractivity contribution in [2.75, 3.05) is 11.1 Å². The number of nitrogen functional groups attached to an aromatic ring is 1. The molecule has 1 aromatic carbocycles. The van der Waals surface area contributed by atoms with Crippen LogP contribution in [0.1, 0.15) is 31.2 Å². The summed E-state index contributed by atoms with van der Waals surface area (Å²) in [4.78, 5) is 9.78. The molecule has 30 heavy (non-hydrogen) atoms. The van der Waals surface area contributed by atoms with Gasteiger partial charge < -0.3 is 15.6 Å². The number of hydrogen-bond donors (Lipinski definition) is 3. The van der Waals surface area contributed by atoms with Crippen molar-refractivity contribution >= 4 is 23.1 Å². The van der Waals surface area contributed by atoms with Crippen LogP contribution in [0.15, 0.2) is 47.6 Å². The van der Waals surface area contributed by atoms with Crippen LogP contribution in [-0.2, 0) is 18.4 Å². The number of nitrogens with one attached hydrogen (secondary N) is 2. The minimum Gasteiger partial charge on any atom is -0.593 e. The van der Waals surface area contributed by atoms with E-state index in [4.69, 9.17) is 5.73 Å². The number of benzene rings is 1. The summed E-state index contributed by atoms with van der Waals surface area (Å²) in [6.45, 7) is 2.03. The number of hydrogen-bond acceptors (Lipinski definition) is 7. The van der Waals surface area contributed by atoms with Crippen molar-refractivity contribution in [1.29, 1.82) is 0 Å². The van der Waals surface area contributed by atoms with Crippen molar-refractivity contribution in [3.05, 3.63) is 48.3 Å². The highest BCUT2D eigenvalue weighted by molar-refractivity contribution is 7.89. The summed E-state index contributed by atoms with van der Waals surface area (Å²) in [5.41, 5.74) is 8.78. The van der Waals surface area contributed by atoms with Crippen LogP contribution in [0.5, 0.6) is 0 Å². The zero-order valence-electron chi connectivity index (χ0n) is 17.2. The summed E-state index contributed by atoms with van der Waals surface area (Å²) >= 11 is -1.18. The Morgan fingerprint density at radius 3 is 2.47 bits per heavy atom. The van der Waals surface area contributed by atoms with E-state index in [-0.39, 0.29) is 12.1 Å². The summed E-state index contributed by atoms with van der Waals surface area (Å²) in [6.07, 6.45) is 7.27. The molecule has 1 fully saturated rings. The topological polar surface area (TPSA) is 117 Å². The molecule has 0 radical (unpaired) electrons. The normalized spacial score (nSPS) is 20.1. The smallest absolute Gasteiger partial charge is 0.223 e. The molecular formula is C21H27N7OS. The first-order valence-corrected chi connectivity index (χ1v) is 11.3. The fraction of sp³-hybridized carbons (Fsp3) is 0.381. The highest BCUT2D eigenvalue weighted by atomic mass is 32.2. The van der Waals surface area contributed by atoms with Crippen LogP contribution >= 0.6 is 0 Å². The Labute approximate surface area is 179 Å². The molecule has 1 aliphatic carbocycles. The Bertz CT molecular complexity index is 983. The zero-order chi connectivity index (χ0) is 21.1. The van der Waals surface area contributed by atoms with E-state index in [0.29, 0.717) is 11.8 Å². The van der Waals surface area contributed by atoms with Crippen LogP contribution < -0.4 is 15.8 Å². The van der Waals surface area contributed by atoms with E-state index in [1.165, 1.54) is 5.56 Å². The molecule has 2 heterocycles. The average molecular weight is 426 g/mol. The Kier molecular flexibility index (Phi) is 6.21. The first-order valence-electron chi connectivity index (χ1n) is 10.1. The summed E-state index contributed by atoms with van der Waals surface area (Å²) in [5.74, 6) is 1.17. The van der Waals surface area contributed by atoms with Gasteiger partial charge in [0.15, 0.2) is 4.90 Å². The molecule has 4 N–H and O–H groups in total. The van der Waals surface area contributed by atoms with Gasteiger partial charge in [0.25, 0.3) is 0 Å². The quantitative estimate of drug-likeness (QED) is 0.520. The van der Waals surface area contributed by atoms with Gasteiger partial charge in [0, 0.05) is 19.3 Å². The largest absolute Gasteiger partial charge is 0.593 e. The predicted octanol–water partition coefficient (Wildman–Crippen LogP) is 2.80. The van der Waals surface area contributed by atoms with E-state index in [1.54, 1.807) is 24.1 Å². The van der Waals surface area contributed by atoms with Crippen LogP contribution in [-0.4, -0.2) is 36.4 Å². The molecular weight excluding hydrogens is 398 g/mol. The molecule has 0 aliphatic heterocycles. The third kappa shape index (κ3) is 4.75. The van der Waals surface area contributed by atoms with Gasteiger partial charge in [0.2, 0.25) is 5.95 Å². The van der Waals surface area contributed by atoms with E-state index in [2.05, 4.69) is 25.1 Å². The molecule has 9 heteroatoms. The molecule has 0 amide bonds. The molecule has 0 bridgehead atoms. The molecule has 158 valence electrons. The molecule has 3 aromatic rings. The molecule has 8 nitrogen and oxygen atoms in total. The monoisotopic (exact) mass is 425 g/mol. The molecule has 1 aliphatic rings. The number of rotatable bonds is 6. The van der Waals surface area contributed by atoms with Gasteiger partial charge in [-0.2, -0.15) is 5.10 Å². The van der Waals surface area contributed by atoms with E-state index < -0.39 is 11.4 Å². The van der Waals surface area contributed by atoms with E-state index in [0.717, 1.165) is 41.8 Å². The lowest BCUT2D eigenvalue weighted by atomic mass is 9.92. The highest BCUT2D eigenvalue weighted by Gasteiger charge is 2.26. The lowest BCUT2D eigenvalue weighted by Crippen LogP contribution is -2.40. The second kappa shape index (κ2) is 9.03. The van der Waals surface area contributed by atoms with E-state index in [9.17, 15) is 4.55 Å². The molecule has 2 aromatic heterocycles. The number of anilines is 2. The maximum absolute atomic E-state index is 12.5. The van der Waals surface area contributed by atoms with Gasteiger partial charge in [-0.3, -0.25) is 4.68 Å². The standard InChI is InChI=1S/C21H27N7OS/c1-14-3-9-17(10-4-14)30(29)27-16-7-5-15(6-8-16)25-21-23-12-11-19(26-21)18-13-24-28(2)20(18)22/h3-4,9-13,15-16,27H,5-8,22H2,1-2H3,(H,23,25,26)/t15-,16+,30?. The van der Waals surface area contributed by atoms with Gasteiger partial charge in [0.05, 0.1) is 34.9 Å². The molecule has 0 spiro atoms. The fourth-order valence-corrected chi connectivity index (χ4v) is 4.70. The van der Waals surface area contributed by atoms with Crippen molar-refractivity contribution < 1.29 is 4.55 Å². The molecule has 4 rings (SSSR count). The third-order valence-corrected chi connectivity index (χ3v) is 6.73. The van der Waals surface area contributed by atoms with Crippen molar-refractivity contribution in [2.24, 2.45) is 7.05 Å². The fourth-order valence-electron chi connectivity index (χ4n) is 3.64. The van der Waals surface area contributed by atoms with E-state index >= 15 is 0 Å². The highest BCUT2D eigenvalue weighted by Crippen LogP contribution is 2.26. The molecule has 0 saturated heterocycles. The van der Waals surface area contributed by atoms with Gasteiger partial charge in [-0.1, -0.05) is 17.7 Å². The number of nitrogens with zero attached hydrogens (tertiary/aromatic N) is 4. The second-order valence-electron chi connectivity index (χ2n) is 7.73. The van der Waals surface area contributed by atoms with Gasteiger partial charge in [0.1, 0.15) is 5.82 Å². The predicted molar refractivity (Wildman–Crippen MR) is 119 cm³/mol. The van der Waals surface area contributed by atoms with Crippen LogP contribution in [0.3, 0.4) is 0 Å². The molecule has 1 saturated carbocycles. The minimum absolute atomic E-state index is 0.243. The number of nitrogens with two attached hydrogens (primary N) is 1. The third-order valence-electron chi connectivity index (χ3n) is 5.49. The van der Waals surface area contributed by atoms with Crippen LogP contribution in [0, 0.1) is 6.92 Å². The van der Waals surface area contributed by atoms with Crippen molar-refractivity contribution in [3.8, 4) is 11.3 Å². The Morgan fingerprint density at radius 1 is 1.10 bits per heavy atom. The Morgan fingerprint density at radius 2 is 1.80 bits per heavy atom. The lowest BCUT2D eigenvalue weighted by molar-refractivity contribution is 0.386. The summed E-state index contributed by atoms with van der Waals surface area (Å²) in [5, 5.41) is 7.61. The van der Waals surface area contributed by atoms with Crippen LogP contribution in [0.4, 0.5) is 11.8 Å². The SMILES string of the molecule is Cc1ccc([S+]([O-])N[C@H]2CC[C@@H](Nc3nccc(-c4cnn(C)c4N)n3)CC2)cc1. The van der Waals surface area contributed by atoms with Crippen molar-refractivity contribution in [3.63, 3.8) is 0 Å². The summed E-state index contributed by atoms with van der Waals surface area (Å²) in [6, 6.07) is 10.2. The summed E-state index contributed by atoms with van der Waals surface area (Å²) < 4.78 is 17.4. The van der Waals surface area contributed by atoms with Gasteiger partial charge in [-0.15, -0.1) is 4.72 Å². The lowest BCUT2D eigenvalue weighted by Gasteiger charge is -2.29. The maximum atomic E-state index is 12.5. The number of aromatic nitrogens is 4. The van der Waals surface area contributed by atoms with Gasteiger partial charge >= 0.3 is 0 Å². The molecule has 1 unspecified atom stereocenters. The Balaban J connectivity index is 1.31. The second-order valence-corrected chi connectivity index (χ2v) is 8.97. The molecule has 1 atom stereocenters. The maximum Gasteiger partial charge on any atom is 0.223 e. The van der Waals surface area contributed by atoms with Crippen molar-refractivity contribution in [2.45, 2.75) is 49.6 Å². The summed E-state index contributed by atoms with van der Waals surface area (Å²) in [7, 11) is 1.80. The van der Waals surface area contributed by atoms with Crippen molar-refractivity contribution in [1.82, 2.24) is 24.5 Å². The van der Waals surface area contributed by atoms with Crippen LogP contribution in [0.25, 0.3) is 11.3 Å². The first-order chi connectivity index (χ1) is 14.5. The average Bonchev–Trinajstić information content (AvgIpc) is 3.08. The Hall–Kier alpha value is -2.62. The van der Waals surface area contributed by atoms with Gasteiger partial charge in [-0.05, 0) is 50.8 Å². The van der Waals surface area contributed by atoms with E-state index in [1.807, 2.05) is 37.3 Å². The number of aryl methyl sites for hydroxylation is 2. The first kappa shape index (κ1) is 20.6. The van der Waals surface area contributed by atoms with Crippen LogP contribution in [0.2, 0.25) is 0 Å². The van der Waals surface area contributed by atoms with Gasteiger partial charge in [-0.25, -0.2) is 9.97 Å². The zero-order valence-corrected chi connectivity index (χ0v) is 18.0. The minimum atomic E-state index is -1.18.